The fourth-order valence-electron chi connectivity index (χ4n) is 2.90. The highest BCUT2D eigenvalue weighted by Gasteiger charge is 2.23. The van der Waals surface area contributed by atoms with E-state index in [0.29, 0.717) is 29.6 Å². The number of hydrogen-bond donors (Lipinski definition) is 0. The molecule has 0 saturated carbocycles. The Hall–Kier alpha value is -1.92. The van der Waals surface area contributed by atoms with Crippen LogP contribution in [0.4, 0.5) is 0 Å². The summed E-state index contributed by atoms with van der Waals surface area (Å²) in [6.07, 6.45) is 0.904. The number of carbonyl (C=O) groups is 1. The van der Waals surface area contributed by atoms with Crippen LogP contribution in [0.25, 0.3) is 0 Å². The van der Waals surface area contributed by atoms with Gasteiger partial charge in [0, 0.05) is 32.1 Å². The van der Waals surface area contributed by atoms with Crippen molar-refractivity contribution in [1.29, 1.82) is 0 Å². The first kappa shape index (κ1) is 17.9. The molecule has 0 unspecified atom stereocenters. The highest BCUT2D eigenvalue weighted by molar-refractivity contribution is 6.33. The SMILES string of the molecule is CC(C)c1noc(CN2CCCN(C(=O)c3ccccc3Cl)CC2)n1. The van der Waals surface area contributed by atoms with Gasteiger partial charge < -0.3 is 9.42 Å². The molecule has 1 saturated heterocycles. The second-order valence-corrected chi connectivity index (χ2v) is 7.01. The average molecular weight is 363 g/mol. The van der Waals surface area contributed by atoms with Gasteiger partial charge in [0.2, 0.25) is 5.89 Å². The third-order valence-electron chi connectivity index (χ3n) is 4.34. The van der Waals surface area contributed by atoms with Crippen LogP contribution in [0.5, 0.6) is 0 Å². The summed E-state index contributed by atoms with van der Waals surface area (Å²) in [6, 6.07) is 7.20. The minimum Gasteiger partial charge on any atom is -0.338 e. The lowest BCUT2D eigenvalue weighted by Gasteiger charge is -2.21. The molecule has 1 aromatic heterocycles. The normalized spacial score (nSPS) is 16.2. The summed E-state index contributed by atoms with van der Waals surface area (Å²) in [6.45, 7) is 7.75. The summed E-state index contributed by atoms with van der Waals surface area (Å²) in [5.41, 5.74) is 0.566. The molecule has 134 valence electrons. The van der Waals surface area contributed by atoms with Crippen LogP contribution in [0.2, 0.25) is 5.02 Å². The highest BCUT2D eigenvalue weighted by atomic mass is 35.5. The minimum absolute atomic E-state index is 0.00710. The first-order valence-electron chi connectivity index (χ1n) is 8.63. The van der Waals surface area contributed by atoms with Gasteiger partial charge in [0.05, 0.1) is 17.1 Å². The second kappa shape index (κ2) is 7.97. The molecular weight excluding hydrogens is 340 g/mol. The number of halogens is 1. The molecule has 2 aromatic rings. The number of hydrogen-bond acceptors (Lipinski definition) is 5. The molecule has 1 aliphatic heterocycles. The second-order valence-electron chi connectivity index (χ2n) is 6.60. The first-order chi connectivity index (χ1) is 12.0. The van der Waals surface area contributed by atoms with E-state index in [0.717, 1.165) is 31.9 Å². The van der Waals surface area contributed by atoms with E-state index in [9.17, 15) is 4.79 Å². The number of carbonyl (C=O) groups excluding carboxylic acids is 1. The molecule has 2 heterocycles. The van der Waals surface area contributed by atoms with Crippen LogP contribution in [0.15, 0.2) is 28.8 Å². The highest BCUT2D eigenvalue weighted by Crippen LogP contribution is 2.18. The molecule has 3 rings (SSSR count). The Morgan fingerprint density at radius 3 is 2.76 bits per heavy atom. The molecule has 0 spiro atoms. The maximum Gasteiger partial charge on any atom is 0.255 e. The maximum absolute atomic E-state index is 12.7. The van der Waals surface area contributed by atoms with Crippen LogP contribution in [-0.4, -0.2) is 52.0 Å². The van der Waals surface area contributed by atoms with Crippen LogP contribution in [0, 0.1) is 0 Å². The molecule has 25 heavy (non-hydrogen) atoms. The van der Waals surface area contributed by atoms with Gasteiger partial charge in [-0.1, -0.05) is 42.7 Å². The molecule has 0 aliphatic carbocycles. The van der Waals surface area contributed by atoms with Crippen molar-refractivity contribution >= 4 is 17.5 Å². The largest absolute Gasteiger partial charge is 0.338 e. The lowest BCUT2D eigenvalue weighted by atomic mass is 10.2. The van der Waals surface area contributed by atoms with Crippen molar-refractivity contribution in [2.45, 2.75) is 32.7 Å². The summed E-state index contributed by atoms with van der Waals surface area (Å²) in [7, 11) is 0. The van der Waals surface area contributed by atoms with E-state index in [1.165, 1.54) is 0 Å². The predicted molar refractivity (Wildman–Crippen MR) is 95.6 cm³/mol. The quantitative estimate of drug-likeness (QED) is 0.835. The fraction of sp³-hybridized carbons (Fsp3) is 0.500. The number of benzene rings is 1. The molecule has 1 fully saturated rings. The van der Waals surface area contributed by atoms with Crippen LogP contribution >= 0.6 is 11.6 Å². The number of aromatic nitrogens is 2. The van der Waals surface area contributed by atoms with Crippen molar-refractivity contribution in [3.8, 4) is 0 Å². The Balaban J connectivity index is 1.60. The fourth-order valence-corrected chi connectivity index (χ4v) is 3.11. The smallest absolute Gasteiger partial charge is 0.255 e. The van der Waals surface area contributed by atoms with E-state index < -0.39 is 0 Å². The molecule has 0 radical (unpaired) electrons. The third kappa shape index (κ3) is 4.38. The molecule has 0 N–H and O–H groups in total. The van der Waals surface area contributed by atoms with Gasteiger partial charge in [-0.05, 0) is 18.6 Å². The Morgan fingerprint density at radius 2 is 2.04 bits per heavy atom. The topological polar surface area (TPSA) is 62.5 Å². The van der Waals surface area contributed by atoms with E-state index in [2.05, 4.69) is 15.0 Å². The van der Waals surface area contributed by atoms with Crippen molar-refractivity contribution in [2.24, 2.45) is 0 Å². The average Bonchev–Trinajstić information content (AvgIpc) is 2.94. The monoisotopic (exact) mass is 362 g/mol. The molecule has 7 heteroatoms. The van der Waals surface area contributed by atoms with E-state index in [1.807, 2.05) is 30.9 Å². The van der Waals surface area contributed by atoms with Crippen molar-refractivity contribution in [1.82, 2.24) is 19.9 Å². The molecular formula is C18H23ClN4O2. The summed E-state index contributed by atoms with van der Waals surface area (Å²) in [4.78, 5) is 21.2. The molecule has 1 amide bonds. The van der Waals surface area contributed by atoms with Gasteiger partial charge in [-0.3, -0.25) is 9.69 Å². The number of rotatable bonds is 4. The molecule has 1 aliphatic rings. The lowest BCUT2D eigenvalue weighted by molar-refractivity contribution is 0.0760. The van der Waals surface area contributed by atoms with Crippen molar-refractivity contribution in [3.63, 3.8) is 0 Å². The summed E-state index contributed by atoms with van der Waals surface area (Å²) in [5, 5.41) is 4.51. The van der Waals surface area contributed by atoms with Crippen molar-refractivity contribution in [2.75, 3.05) is 26.2 Å². The lowest BCUT2D eigenvalue weighted by Crippen LogP contribution is -2.35. The van der Waals surface area contributed by atoms with Gasteiger partial charge >= 0.3 is 0 Å². The van der Waals surface area contributed by atoms with Gasteiger partial charge in [0.15, 0.2) is 5.82 Å². The van der Waals surface area contributed by atoms with Crippen LogP contribution < -0.4 is 0 Å². The van der Waals surface area contributed by atoms with Crippen molar-refractivity contribution in [3.05, 3.63) is 46.6 Å². The molecule has 6 nitrogen and oxygen atoms in total. The number of nitrogens with zero attached hydrogens (tertiary/aromatic N) is 4. The molecule has 0 bridgehead atoms. The maximum atomic E-state index is 12.7. The van der Waals surface area contributed by atoms with Crippen LogP contribution in [0.3, 0.4) is 0 Å². The third-order valence-corrected chi connectivity index (χ3v) is 4.67. The number of amides is 1. The van der Waals surface area contributed by atoms with Gasteiger partial charge in [-0.15, -0.1) is 0 Å². The zero-order chi connectivity index (χ0) is 17.8. The zero-order valence-corrected chi connectivity index (χ0v) is 15.4. The first-order valence-corrected chi connectivity index (χ1v) is 9.01. The molecule has 0 atom stereocenters. The van der Waals surface area contributed by atoms with Gasteiger partial charge in [-0.25, -0.2) is 0 Å². The molecule has 1 aromatic carbocycles. The summed E-state index contributed by atoms with van der Waals surface area (Å²) >= 11 is 6.16. The standard InChI is InChI=1S/C18H23ClN4O2/c1-13(2)17-20-16(25-21-17)12-22-8-5-9-23(11-10-22)18(24)14-6-3-4-7-15(14)19/h3-4,6-7,13H,5,8-12H2,1-2H3. The van der Waals surface area contributed by atoms with E-state index in [1.54, 1.807) is 12.1 Å². The van der Waals surface area contributed by atoms with Crippen LogP contribution in [0.1, 0.15) is 48.3 Å². The Bertz CT molecular complexity index is 731. The zero-order valence-electron chi connectivity index (χ0n) is 14.6. The Morgan fingerprint density at radius 1 is 1.24 bits per heavy atom. The van der Waals surface area contributed by atoms with Crippen molar-refractivity contribution < 1.29 is 9.32 Å². The van der Waals surface area contributed by atoms with Gasteiger partial charge in [-0.2, -0.15) is 4.98 Å². The van der Waals surface area contributed by atoms with E-state index in [-0.39, 0.29) is 11.8 Å². The van der Waals surface area contributed by atoms with E-state index in [4.69, 9.17) is 16.1 Å². The summed E-state index contributed by atoms with van der Waals surface area (Å²) in [5.74, 6) is 1.62. The predicted octanol–water partition coefficient (Wildman–Crippen LogP) is 3.19. The Kier molecular flexibility index (Phi) is 5.71. The van der Waals surface area contributed by atoms with Gasteiger partial charge in [0.1, 0.15) is 0 Å². The minimum atomic E-state index is -0.00710. The van der Waals surface area contributed by atoms with Gasteiger partial charge in [0.25, 0.3) is 5.91 Å². The Labute approximate surface area is 152 Å². The van der Waals surface area contributed by atoms with E-state index >= 15 is 0 Å². The summed E-state index contributed by atoms with van der Waals surface area (Å²) < 4.78 is 5.33. The van der Waals surface area contributed by atoms with Crippen LogP contribution in [-0.2, 0) is 6.54 Å².